The molecule has 1 amide bonds. The van der Waals surface area contributed by atoms with Crippen LogP contribution in [0.15, 0.2) is 65.6 Å². The van der Waals surface area contributed by atoms with Gasteiger partial charge >= 0.3 is 0 Å². The van der Waals surface area contributed by atoms with Crippen LogP contribution in [0.5, 0.6) is 0 Å². The van der Waals surface area contributed by atoms with Crippen LogP contribution in [0.1, 0.15) is 10.4 Å². The second-order valence-corrected chi connectivity index (χ2v) is 11.0. The van der Waals surface area contributed by atoms with E-state index < -0.39 is 10.0 Å². The van der Waals surface area contributed by atoms with Gasteiger partial charge in [-0.3, -0.25) is 9.69 Å². The Morgan fingerprint density at radius 3 is 2.38 bits per heavy atom. The minimum atomic E-state index is -3.72. The predicted molar refractivity (Wildman–Crippen MR) is 128 cm³/mol. The number of primary sulfonamides is 1. The third-order valence-corrected chi connectivity index (χ3v) is 7.77. The molecule has 168 valence electrons. The summed E-state index contributed by atoms with van der Waals surface area (Å²) >= 11 is 7.87. The number of piperazine rings is 1. The van der Waals surface area contributed by atoms with Gasteiger partial charge in [0, 0.05) is 47.5 Å². The van der Waals surface area contributed by atoms with Crippen LogP contribution in [0, 0.1) is 0 Å². The minimum Gasteiger partial charge on any atom is -0.340 e. The van der Waals surface area contributed by atoms with Gasteiger partial charge < -0.3 is 4.90 Å². The highest BCUT2D eigenvalue weighted by Gasteiger charge is 2.22. The van der Waals surface area contributed by atoms with Crippen LogP contribution in [0.4, 0.5) is 0 Å². The Morgan fingerprint density at radius 2 is 1.72 bits per heavy atom. The van der Waals surface area contributed by atoms with E-state index in [1.807, 2.05) is 23.1 Å². The maximum absolute atomic E-state index is 12.7. The largest absolute Gasteiger partial charge is 0.340 e. The molecule has 1 aliphatic heterocycles. The van der Waals surface area contributed by atoms with Gasteiger partial charge in [-0.25, -0.2) is 13.6 Å². The fourth-order valence-electron chi connectivity index (χ4n) is 3.72. The number of benzene rings is 2. The average molecular weight is 490 g/mol. The van der Waals surface area contributed by atoms with Gasteiger partial charge in [0.15, 0.2) is 0 Å². The smallest absolute Gasteiger partial charge is 0.238 e. The van der Waals surface area contributed by atoms with Crippen molar-refractivity contribution in [3.63, 3.8) is 0 Å². The van der Waals surface area contributed by atoms with E-state index >= 15 is 0 Å². The molecular weight excluding hydrogens is 466 g/mol. The third-order valence-electron chi connectivity index (χ3n) is 5.48. The molecule has 1 aliphatic rings. The molecule has 4 rings (SSSR count). The van der Waals surface area contributed by atoms with Crippen molar-refractivity contribution in [2.24, 2.45) is 5.14 Å². The van der Waals surface area contributed by atoms with Gasteiger partial charge in [-0.1, -0.05) is 35.9 Å². The maximum atomic E-state index is 12.7. The summed E-state index contributed by atoms with van der Waals surface area (Å²) < 4.78 is 22.7. The summed E-state index contributed by atoms with van der Waals surface area (Å²) in [5, 5.41) is 5.85. The van der Waals surface area contributed by atoms with Gasteiger partial charge in [0.2, 0.25) is 15.9 Å². The summed E-state index contributed by atoms with van der Waals surface area (Å²) in [6.07, 6.45) is 0.249. The number of nitrogens with zero attached hydrogens (tertiary/aromatic N) is 2. The number of nitrogens with two attached hydrogens (primary N) is 1. The van der Waals surface area contributed by atoms with Crippen molar-refractivity contribution < 1.29 is 13.2 Å². The second-order valence-electron chi connectivity index (χ2n) is 7.80. The number of rotatable bonds is 6. The quantitative estimate of drug-likeness (QED) is 0.573. The molecule has 6 nitrogen and oxygen atoms in total. The highest BCUT2D eigenvalue weighted by molar-refractivity contribution is 7.89. The molecule has 2 heterocycles. The van der Waals surface area contributed by atoms with Crippen LogP contribution in [-0.2, 0) is 27.8 Å². The van der Waals surface area contributed by atoms with E-state index in [9.17, 15) is 13.2 Å². The first-order valence-corrected chi connectivity index (χ1v) is 13.0. The zero-order valence-electron chi connectivity index (χ0n) is 17.4. The first kappa shape index (κ1) is 22.9. The van der Waals surface area contributed by atoms with E-state index in [-0.39, 0.29) is 17.2 Å². The Bertz CT molecular complexity index is 1200. The molecule has 2 N–H and O–H groups in total. The number of carbonyl (C=O) groups is 1. The highest BCUT2D eigenvalue weighted by Crippen LogP contribution is 2.30. The Hall–Kier alpha value is -2.23. The van der Waals surface area contributed by atoms with Crippen LogP contribution >= 0.6 is 22.9 Å². The van der Waals surface area contributed by atoms with Gasteiger partial charge in [-0.15, -0.1) is 11.3 Å². The molecule has 3 aromatic rings. The molecule has 2 aromatic carbocycles. The van der Waals surface area contributed by atoms with E-state index in [1.165, 1.54) is 21.9 Å². The fraction of sp³-hybridized carbons (Fsp3) is 0.261. The Balaban J connectivity index is 1.28. The van der Waals surface area contributed by atoms with E-state index in [2.05, 4.69) is 23.1 Å². The number of sulfonamides is 1. The van der Waals surface area contributed by atoms with Crippen molar-refractivity contribution in [2.75, 3.05) is 26.2 Å². The van der Waals surface area contributed by atoms with Crippen molar-refractivity contribution in [3.05, 3.63) is 76.1 Å². The first-order chi connectivity index (χ1) is 15.3. The lowest BCUT2D eigenvalue weighted by molar-refractivity contribution is -0.132. The molecule has 0 saturated carbocycles. The van der Waals surface area contributed by atoms with E-state index in [4.69, 9.17) is 16.7 Å². The number of hydrogen-bond donors (Lipinski definition) is 1. The summed E-state index contributed by atoms with van der Waals surface area (Å²) in [6, 6.07) is 18.3. The number of thiophene rings is 1. The summed E-state index contributed by atoms with van der Waals surface area (Å²) in [7, 11) is -3.72. The van der Waals surface area contributed by atoms with E-state index in [0.29, 0.717) is 13.1 Å². The monoisotopic (exact) mass is 489 g/mol. The summed E-state index contributed by atoms with van der Waals surface area (Å²) in [6.45, 7) is 3.87. The number of amides is 1. The second kappa shape index (κ2) is 9.72. The lowest BCUT2D eigenvalue weighted by Crippen LogP contribution is -2.48. The number of halogens is 1. The third kappa shape index (κ3) is 5.76. The Kier molecular flexibility index (Phi) is 6.97. The van der Waals surface area contributed by atoms with E-state index in [1.54, 1.807) is 23.5 Å². The van der Waals surface area contributed by atoms with Gasteiger partial charge in [-0.2, -0.15) is 0 Å². The Labute approximate surface area is 197 Å². The molecule has 9 heteroatoms. The SMILES string of the molecule is NS(=O)(=O)c1ccc(CC(=O)N2CCN(Cc3ccc(-c4cccc(Cl)c4)s3)CC2)cc1. The zero-order valence-corrected chi connectivity index (χ0v) is 19.8. The number of carbonyl (C=O) groups excluding carboxylic acids is 1. The zero-order chi connectivity index (χ0) is 22.7. The summed E-state index contributed by atoms with van der Waals surface area (Å²) in [5.41, 5.74) is 1.90. The first-order valence-electron chi connectivity index (χ1n) is 10.2. The lowest BCUT2D eigenvalue weighted by Gasteiger charge is -2.34. The fourth-order valence-corrected chi connectivity index (χ4v) is 5.47. The number of hydrogen-bond acceptors (Lipinski definition) is 5. The van der Waals surface area contributed by atoms with Crippen molar-refractivity contribution in [1.29, 1.82) is 0 Å². The maximum Gasteiger partial charge on any atom is 0.238 e. The van der Waals surface area contributed by atoms with Gasteiger partial charge in [0.25, 0.3) is 0 Å². The molecule has 1 aromatic heterocycles. The van der Waals surface area contributed by atoms with Crippen LogP contribution in [0.25, 0.3) is 10.4 Å². The predicted octanol–water partition coefficient (Wildman–Crippen LogP) is 3.60. The molecule has 0 spiro atoms. The minimum absolute atomic E-state index is 0.0485. The van der Waals surface area contributed by atoms with Crippen molar-refractivity contribution in [1.82, 2.24) is 9.80 Å². The molecule has 32 heavy (non-hydrogen) atoms. The molecule has 0 unspecified atom stereocenters. The molecular formula is C23H24ClN3O3S2. The molecule has 0 radical (unpaired) electrons. The van der Waals surface area contributed by atoms with E-state index in [0.717, 1.165) is 35.8 Å². The van der Waals surface area contributed by atoms with Crippen LogP contribution in [0.3, 0.4) is 0 Å². The molecule has 1 saturated heterocycles. The van der Waals surface area contributed by atoms with Gasteiger partial charge in [0.1, 0.15) is 0 Å². The van der Waals surface area contributed by atoms with Crippen molar-refractivity contribution in [2.45, 2.75) is 17.9 Å². The lowest BCUT2D eigenvalue weighted by atomic mass is 10.1. The highest BCUT2D eigenvalue weighted by atomic mass is 35.5. The summed E-state index contributed by atoms with van der Waals surface area (Å²) in [4.78, 5) is 19.4. The van der Waals surface area contributed by atoms with Crippen LogP contribution < -0.4 is 5.14 Å². The molecule has 0 aliphatic carbocycles. The van der Waals surface area contributed by atoms with Crippen molar-refractivity contribution >= 4 is 38.9 Å². The molecule has 1 fully saturated rings. The summed E-state index contributed by atoms with van der Waals surface area (Å²) in [5.74, 6) is 0.0485. The molecule has 0 bridgehead atoms. The average Bonchev–Trinajstić information content (AvgIpc) is 3.22. The normalized spacial score (nSPS) is 15.1. The van der Waals surface area contributed by atoms with Gasteiger partial charge in [-0.05, 0) is 47.5 Å². The van der Waals surface area contributed by atoms with Crippen LogP contribution in [-0.4, -0.2) is 50.3 Å². The van der Waals surface area contributed by atoms with Crippen molar-refractivity contribution in [3.8, 4) is 10.4 Å². The van der Waals surface area contributed by atoms with Gasteiger partial charge in [0.05, 0.1) is 11.3 Å². The van der Waals surface area contributed by atoms with Crippen LogP contribution in [0.2, 0.25) is 5.02 Å². The topological polar surface area (TPSA) is 83.7 Å². The molecule has 0 atom stereocenters. The Morgan fingerprint density at radius 1 is 1.00 bits per heavy atom. The standard InChI is InChI=1S/C23H24ClN3O3S2/c24-19-3-1-2-18(15-19)22-9-6-20(31-22)16-26-10-12-27(13-11-26)23(28)14-17-4-7-21(8-5-17)32(25,29)30/h1-9,15H,10-14,16H2,(H2,25,29,30).